The van der Waals surface area contributed by atoms with Crippen LogP contribution in [0.25, 0.3) is 0 Å². The second-order valence-electron chi connectivity index (χ2n) is 8.03. The van der Waals surface area contributed by atoms with Crippen LogP contribution in [0, 0.1) is 11.6 Å². The van der Waals surface area contributed by atoms with Crippen LogP contribution in [0.15, 0.2) is 23.0 Å². The normalized spacial score (nSPS) is 20.8. The molecule has 7 nitrogen and oxygen atoms in total. The van der Waals surface area contributed by atoms with Crippen molar-refractivity contribution < 1.29 is 17.2 Å². The molecule has 0 bridgehead atoms. The molecule has 1 fully saturated rings. The third-order valence-corrected chi connectivity index (χ3v) is 7.06. The van der Waals surface area contributed by atoms with Crippen molar-refractivity contribution in [1.82, 2.24) is 19.2 Å². The monoisotopic (exact) mass is 438 g/mol. The highest BCUT2D eigenvalue weighted by Gasteiger charge is 2.29. The number of piperidine rings is 1. The molecule has 1 aromatic carbocycles. The van der Waals surface area contributed by atoms with Gasteiger partial charge in [0.15, 0.2) is 0 Å². The topological polar surface area (TPSA) is 86.4 Å². The fourth-order valence-corrected chi connectivity index (χ4v) is 5.01. The molecule has 3 heterocycles. The molecule has 1 N–H and O–H groups in total. The summed E-state index contributed by atoms with van der Waals surface area (Å²) in [6, 6.07) is 3.45. The van der Waals surface area contributed by atoms with Crippen LogP contribution in [0.2, 0.25) is 0 Å². The lowest BCUT2D eigenvalue weighted by Gasteiger charge is -2.33. The maximum absolute atomic E-state index is 14.0. The lowest BCUT2D eigenvalue weighted by atomic mass is 9.96. The number of fused-ring (bicyclic) bond motifs is 1. The van der Waals surface area contributed by atoms with E-state index < -0.39 is 21.7 Å². The summed E-state index contributed by atoms with van der Waals surface area (Å²) in [5, 5.41) is 0. The van der Waals surface area contributed by atoms with Gasteiger partial charge < -0.3 is 4.98 Å². The van der Waals surface area contributed by atoms with Gasteiger partial charge in [-0.15, -0.1) is 0 Å². The quantitative estimate of drug-likeness (QED) is 0.786. The number of nitrogens with zero attached hydrogens (tertiary/aromatic N) is 3. The summed E-state index contributed by atoms with van der Waals surface area (Å²) in [7, 11) is -3.37. The van der Waals surface area contributed by atoms with Gasteiger partial charge in [0.05, 0.1) is 17.5 Å². The van der Waals surface area contributed by atoms with Crippen molar-refractivity contribution in [2.24, 2.45) is 0 Å². The van der Waals surface area contributed by atoms with E-state index in [2.05, 4.69) is 9.97 Å². The van der Waals surface area contributed by atoms with E-state index in [1.807, 2.05) is 4.90 Å². The minimum Gasteiger partial charge on any atom is -0.310 e. The Kier molecular flexibility index (Phi) is 5.73. The summed E-state index contributed by atoms with van der Waals surface area (Å²) in [6.07, 6.45) is 3.21. The second-order valence-corrected chi connectivity index (χ2v) is 10.0. The van der Waals surface area contributed by atoms with Crippen molar-refractivity contribution in [3.8, 4) is 0 Å². The molecule has 0 aliphatic carbocycles. The van der Waals surface area contributed by atoms with E-state index in [0.29, 0.717) is 48.7 Å². The predicted octanol–water partition coefficient (Wildman–Crippen LogP) is 1.75. The molecule has 4 rings (SSSR count). The number of halogens is 2. The molecule has 2 aromatic rings. The molecule has 1 atom stereocenters. The number of hydrogen-bond acceptors (Lipinski definition) is 5. The molecule has 1 aromatic heterocycles. The van der Waals surface area contributed by atoms with E-state index in [-0.39, 0.29) is 18.0 Å². The number of rotatable bonds is 4. The fraction of sp³-hybridized carbons (Fsp3) is 0.500. The van der Waals surface area contributed by atoms with Crippen molar-refractivity contribution >= 4 is 10.0 Å². The molecule has 0 spiro atoms. The predicted molar refractivity (Wildman–Crippen MR) is 107 cm³/mol. The minimum absolute atomic E-state index is 0.0266. The first-order valence-corrected chi connectivity index (χ1v) is 11.8. The zero-order valence-corrected chi connectivity index (χ0v) is 17.5. The van der Waals surface area contributed by atoms with E-state index in [4.69, 9.17) is 0 Å². The first-order chi connectivity index (χ1) is 14.2. The molecule has 0 radical (unpaired) electrons. The summed E-state index contributed by atoms with van der Waals surface area (Å²) < 4.78 is 52.3. The van der Waals surface area contributed by atoms with Crippen LogP contribution < -0.4 is 5.56 Å². The Morgan fingerprint density at radius 1 is 1.27 bits per heavy atom. The maximum Gasteiger partial charge on any atom is 0.255 e. The van der Waals surface area contributed by atoms with Gasteiger partial charge >= 0.3 is 0 Å². The SMILES string of the molecule is CS(=O)(=O)N1CCc2nc([C@@H]3CCCN(Cc4cc(F)ccc4F)C3)[nH]c(=O)c2C1. The summed E-state index contributed by atoms with van der Waals surface area (Å²) in [4.78, 5) is 22.2. The largest absolute Gasteiger partial charge is 0.310 e. The number of benzene rings is 1. The molecule has 0 saturated carbocycles. The maximum atomic E-state index is 14.0. The average molecular weight is 439 g/mol. The zero-order valence-electron chi connectivity index (χ0n) is 16.7. The Labute approximate surface area is 173 Å². The van der Waals surface area contributed by atoms with Gasteiger partial charge in [0.1, 0.15) is 17.5 Å². The van der Waals surface area contributed by atoms with Crippen molar-refractivity contribution in [3.63, 3.8) is 0 Å². The van der Waals surface area contributed by atoms with E-state index in [0.717, 1.165) is 37.8 Å². The highest BCUT2D eigenvalue weighted by molar-refractivity contribution is 7.88. The smallest absolute Gasteiger partial charge is 0.255 e. The molecule has 0 amide bonds. The number of likely N-dealkylation sites (tertiary alicyclic amines) is 1. The number of aromatic nitrogens is 2. The first kappa shape index (κ1) is 21.1. The standard InChI is InChI=1S/C20H24F2N4O3S/c1-30(28,29)26-8-6-18-16(12-26)20(27)24-19(23-18)13-3-2-7-25(10-13)11-14-9-15(21)4-5-17(14)22/h4-5,9,13H,2-3,6-8,10-12H2,1H3,(H,23,24,27)/t13-/m1/s1. The molecule has 2 aliphatic heterocycles. The van der Waals surface area contributed by atoms with Crippen LogP contribution in [-0.2, 0) is 29.5 Å². The van der Waals surface area contributed by atoms with Crippen molar-refractivity contribution in [3.05, 3.63) is 62.8 Å². The molecule has 30 heavy (non-hydrogen) atoms. The molecule has 2 aliphatic rings. The number of hydrogen-bond donors (Lipinski definition) is 1. The van der Waals surface area contributed by atoms with Crippen LogP contribution in [0.5, 0.6) is 0 Å². The van der Waals surface area contributed by atoms with Gasteiger partial charge in [0.2, 0.25) is 10.0 Å². The van der Waals surface area contributed by atoms with E-state index in [1.54, 1.807) is 0 Å². The third-order valence-electron chi connectivity index (χ3n) is 5.81. The van der Waals surface area contributed by atoms with Crippen LogP contribution in [0.1, 0.15) is 41.4 Å². The second kappa shape index (κ2) is 8.16. The van der Waals surface area contributed by atoms with Crippen molar-refractivity contribution in [2.45, 2.75) is 38.3 Å². The highest BCUT2D eigenvalue weighted by atomic mass is 32.2. The Morgan fingerprint density at radius 2 is 2.07 bits per heavy atom. The van der Waals surface area contributed by atoms with Gasteiger partial charge in [0, 0.05) is 44.1 Å². The van der Waals surface area contributed by atoms with Crippen LogP contribution in [-0.4, -0.2) is 53.5 Å². The Bertz CT molecular complexity index is 1120. The number of aromatic amines is 1. The summed E-state index contributed by atoms with van der Waals surface area (Å²) in [5.41, 5.74) is 1.03. The van der Waals surface area contributed by atoms with Gasteiger partial charge in [-0.25, -0.2) is 22.2 Å². The molecular weight excluding hydrogens is 414 g/mol. The van der Waals surface area contributed by atoms with Crippen molar-refractivity contribution in [2.75, 3.05) is 25.9 Å². The summed E-state index contributed by atoms with van der Waals surface area (Å²) in [6.45, 7) is 1.96. The lowest BCUT2D eigenvalue weighted by molar-refractivity contribution is 0.193. The fourth-order valence-electron chi connectivity index (χ4n) is 4.22. The van der Waals surface area contributed by atoms with E-state index >= 15 is 0 Å². The van der Waals surface area contributed by atoms with Crippen molar-refractivity contribution in [1.29, 1.82) is 0 Å². The Morgan fingerprint density at radius 3 is 2.83 bits per heavy atom. The average Bonchev–Trinajstić information content (AvgIpc) is 2.70. The Balaban J connectivity index is 1.52. The van der Waals surface area contributed by atoms with Crippen LogP contribution in [0.3, 0.4) is 0 Å². The van der Waals surface area contributed by atoms with Crippen LogP contribution >= 0.6 is 0 Å². The Hall–Kier alpha value is -2.17. The molecule has 0 unspecified atom stereocenters. The molecule has 1 saturated heterocycles. The molecular formula is C20H24F2N4O3S. The lowest BCUT2D eigenvalue weighted by Crippen LogP contribution is -2.40. The van der Waals surface area contributed by atoms with Gasteiger partial charge in [-0.2, -0.15) is 4.31 Å². The molecule has 162 valence electrons. The van der Waals surface area contributed by atoms with E-state index in [9.17, 15) is 22.0 Å². The summed E-state index contributed by atoms with van der Waals surface area (Å²) >= 11 is 0. The van der Waals surface area contributed by atoms with Crippen LogP contribution in [0.4, 0.5) is 8.78 Å². The van der Waals surface area contributed by atoms with Gasteiger partial charge in [-0.3, -0.25) is 9.69 Å². The third kappa shape index (κ3) is 4.45. The van der Waals surface area contributed by atoms with Gasteiger partial charge in [-0.05, 0) is 37.6 Å². The molecule has 10 heteroatoms. The number of nitrogens with one attached hydrogen (secondary N) is 1. The number of H-pyrrole nitrogens is 1. The highest BCUT2D eigenvalue weighted by Crippen LogP contribution is 2.27. The van der Waals surface area contributed by atoms with Gasteiger partial charge in [-0.1, -0.05) is 0 Å². The van der Waals surface area contributed by atoms with Gasteiger partial charge in [0.25, 0.3) is 5.56 Å². The minimum atomic E-state index is -3.37. The number of sulfonamides is 1. The summed E-state index contributed by atoms with van der Waals surface area (Å²) in [5.74, 6) is -0.352. The first-order valence-electron chi connectivity index (χ1n) is 9.94. The zero-order chi connectivity index (χ0) is 21.5. The van der Waals surface area contributed by atoms with E-state index in [1.165, 1.54) is 10.4 Å².